The number of rotatable bonds is 3. The zero-order chi connectivity index (χ0) is 19.8. The standard InChI is InChI=1S/C22H23NO4/c1-14-10-12-16(13-11-14)23-19(24)17(20(25)27-4)18(22(2,3)21(23)26)15-8-6-5-7-9-15/h5-13,17-18H,1-4H3/t17-,18+/m0/s1. The van der Waals surface area contributed by atoms with Crippen molar-refractivity contribution in [3.05, 3.63) is 65.7 Å². The molecule has 1 saturated heterocycles. The van der Waals surface area contributed by atoms with Gasteiger partial charge in [0.15, 0.2) is 0 Å². The fraction of sp³-hybridized carbons (Fsp3) is 0.318. The van der Waals surface area contributed by atoms with Gasteiger partial charge in [0.2, 0.25) is 11.8 Å². The molecule has 0 N–H and O–H groups in total. The summed E-state index contributed by atoms with van der Waals surface area (Å²) in [5, 5.41) is 0. The molecule has 1 fully saturated rings. The van der Waals surface area contributed by atoms with E-state index in [4.69, 9.17) is 4.74 Å². The van der Waals surface area contributed by atoms with Gasteiger partial charge >= 0.3 is 5.97 Å². The average Bonchev–Trinajstić information content (AvgIpc) is 2.66. The number of aryl methyl sites for hydroxylation is 1. The molecule has 2 aromatic carbocycles. The number of ether oxygens (including phenoxy) is 1. The molecular weight excluding hydrogens is 342 g/mol. The number of esters is 1. The highest BCUT2D eigenvalue weighted by molar-refractivity contribution is 6.24. The van der Waals surface area contributed by atoms with Gasteiger partial charge in [0, 0.05) is 5.92 Å². The van der Waals surface area contributed by atoms with Crippen molar-refractivity contribution in [1.82, 2.24) is 0 Å². The van der Waals surface area contributed by atoms with Gasteiger partial charge in [-0.05, 0) is 24.6 Å². The zero-order valence-electron chi connectivity index (χ0n) is 15.9. The largest absolute Gasteiger partial charge is 0.468 e. The Morgan fingerprint density at radius 3 is 2.15 bits per heavy atom. The van der Waals surface area contributed by atoms with E-state index in [1.165, 1.54) is 7.11 Å². The molecule has 5 nitrogen and oxygen atoms in total. The number of hydrogen-bond donors (Lipinski definition) is 0. The monoisotopic (exact) mass is 365 g/mol. The van der Waals surface area contributed by atoms with E-state index in [0.29, 0.717) is 5.69 Å². The molecule has 0 spiro atoms. The van der Waals surface area contributed by atoms with Crippen molar-refractivity contribution in [1.29, 1.82) is 0 Å². The van der Waals surface area contributed by atoms with Crippen LogP contribution < -0.4 is 4.90 Å². The summed E-state index contributed by atoms with van der Waals surface area (Å²) in [6, 6.07) is 16.3. The maximum absolute atomic E-state index is 13.3. The van der Waals surface area contributed by atoms with Crippen LogP contribution in [-0.4, -0.2) is 24.9 Å². The summed E-state index contributed by atoms with van der Waals surface area (Å²) < 4.78 is 4.95. The first-order chi connectivity index (χ1) is 12.8. The molecule has 5 heteroatoms. The number of carbonyl (C=O) groups excluding carboxylic acids is 3. The Labute approximate surface area is 158 Å². The third-order valence-electron chi connectivity index (χ3n) is 5.26. The highest BCUT2D eigenvalue weighted by Crippen LogP contribution is 2.48. The number of hydrogen-bond acceptors (Lipinski definition) is 4. The van der Waals surface area contributed by atoms with Gasteiger partial charge in [-0.3, -0.25) is 14.4 Å². The van der Waals surface area contributed by atoms with Crippen LogP contribution in [0.25, 0.3) is 0 Å². The summed E-state index contributed by atoms with van der Waals surface area (Å²) in [5.41, 5.74) is 1.27. The van der Waals surface area contributed by atoms with Gasteiger partial charge < -0.3 is 4.74 Å². The minimum atomic E-state index is -1.09. The van der Waals surface area contributed by atoms with Crippen molar-refractivity contribution in [2.75, 3.05) is 12.0 Å². The number of amides is 2. The minimum Gasteiger partial charge on any atom is -0.468 e. The van der Waals surface area contributed by atoms with E-state index in [2.05, 4.69) is 0 Å². The molecular formula is C22H23NO4. The molecule has 2 aromatic rings. The van der Waals surface area contributed by atoms with Crippen LogP contribution in [0, 0.1) is 18.3 Å². The van der Waals surface area contributed by atoms with Gasteiger partial charge in [0.25, 0.3) is 0 Å². The van der Waals surface area contributed by atoms with Gasteiger partial charge in [-0.25, -0.2) is 4.90 Å². The van der Waals surface area contributed by atoms with Crippen LogP contribution in [0.15, 0.2) is 54.6 Å². The molecule has 1 aliphatic rings. The molecule has 140 valence electrons. The molecule has 27 heavy (non-hydrogen) atoms. The number of piperidine rings is 1. The van der Waals surface area contributed by atoms with E-state index in [1.54, 1.807) is 26.0 Å². The Hall–Kier alpha value is -2.95. The normalized spacial score (nSPS) is 21.9. The third-order valence-corrected chi connectivity index (χ3v) is 5.26. The van der Waals surface area contributed by atoms with E-state index >= 15 is 0 Å². The second kappa shape index (κ2) is 6.99. The predicted octanol–water partition coefficient (Wildman–Crippen LogP) is 3.47. The van der Waals surface area contributed by atoms with Crippen LogP contribution in [0.2, 0.25) is 0 Å². The maximum atomic E-state index is 13.3. The Morgan fingerprint density at radius 2 is 1.59 bits per heavy atom. The molecule has 3 rings (SSSR count). The maximum Gasteiger partial charge on any atom is 0.318 e. The van der Waals surface area contributed by atoms with Crippen LogP contribution in [-0.2, 0) is 19.1 Å². The second-order valence-corrected chi connectivity index (χ2v) is 7.43. The molecule has 0 bridgehead atoms. The Balaban J connectivity index is 2.16. The SMILES string of the molecule is COC(=O)[C@@H]1C(=O)N(c2ccc(C)cc2)C(=O)C(C)(C)[C@@H]1c1ccccc1. The topological polar surface area (TPSA) is 63.7 Å². The fourth-order valence-electron chi connectivity index (χ4n) is 3.79. The van der Waals surface area contributed by atoms with Crippen molar-refractivity contribution < 1.29 is 19.1 Å². The molecule has 0 radical (unpaired) electrons. The number of benzene rings is 2. The quantitative estimate of drug-likeness (QED) is 0.475. The summed E-state index contributed by atoms with van der Waals surface area (Å²) in [6.45, 7) is 5.48. The van der Waals surface area contributed by atoms with E-state index in [-0.39, 0.29) is 5.91 Å². The van der Waals surface area contributed by atoms with Gasteiger partial charge in [-0.15, -0.1) is 0 Å². The van der Waals surface area contributed by atoms with Crippen molar-refractivity contribution in [3.8, 4) is 0 Å². The summed E-state index contributed by atoms with van der Waals surface area (Å²) >= 11 is 0. The van der Waals surface area contributed by atoms with Gasteiger partial charge in [0.05, 0.1) is 18.2 Å². The first-order valence-electron chi connectivity index (χ1n) is 8.87. The van der Waals surface area contributed by atoms with E-state index in [1.807, 2.05) is 49.4 Å². The number of anilines is 1. The summed E-state index contributed by atoms with van der Waals surface area (Å²) in [4.78, 5) is 40.4. The molecule has 2 atom stereocenters. The van der Waals surface area contributed by atoms with Crippen LogP contribution in [0.3, 0.4) is 0 Å². The number of imide groups is 1. The highest BCUT2D eigenvalue weighted by Gasteiger charge is 2.57. The van der Waals surface area contributed by atoms with Crippen molar-refractivity contribution >= 4 is 23.5 Å². The smallest absolute Gasteiger partial charge is 0.318 e. The van der Waals surface area contributed by atoms with Crippen molar-refractivity contribution in [2.45, 2.75) is 26.7 Å². The molecule has 0 unspecified atom stereocenters. The summed E-state index contributed by atoms with van der Waals surface area (Å²) in [6.07, 6.45) is 0. The molecule has 2 amide bonds. The van der Waals surface area contributed by atoms with Crippen molar-refractivity contribution in [3.63, 3.8) is 0 Å². The molecule has 0 saturated carbocycles. The minimum absolute atomic E-state index is 0.328. The first-order valence-corrected chi connectivity index (χ1v) is 8.87. The predicted molar refractivity (Wildman–Crippen MR) is 102 cm³/mol. The molecule has 0 aliphatic carbocycles. The fourth-order valence-corrected chi connectivity index (χ4v) is 3.79. The number of carbonyl (C=O) groups is 3. The molecule has 1 heterocycles. The average molecular weight is 365 g/mol. The van der Waals surface area contributed by atoms with Gasteiger partial charge in [-0.1, -0.05) is 61.9 Å². The van der Waals surface area contributed by atoms with Crippen LogP contribution >= 0.6 is 0 Å². The van der Waals surface area contributed by atoms with E-state index < -0.39 is 29.1 Å². The number of nitrogens with zero attached hydrogens (tertiary/aromatic N) is 1. The Morgan fingerprint density at radius 1 is 1.00 bits per heavy atom. The zero-order valence-corrected chi connectivity index (χ0v) is 15.9. The molecule has 0 aromatic heterocycles. The summed E-state index contributed by atoms with van der Waals surface area (Å²) in [5.74, 6) is -3.21. The number of methoxy groups -OCH3 is 1. The third kappa shape index (κ3) is 3.14. The van der Waals surface area contributed by atoms with Gasteiger partial charge in [-0.2, -0.15) is 0 Å². The van der Waals surface area contributed by atoms with Gasteiger partial charge in [0.1, 0.15) is 5.92 Å². The van der Waals surface area contributed by atoms with Crippen LogP contribution in [0.5, 0.6) is 0 Å². The Kier molecular flexibility index (Phi) is 4.87. The lowest BCUT2D eigenvalue weighted by molar-refractivity contribution is -0.156. The lowest BCUT2D eigenvalue weighted by atomic mass is 9.64. The lowest BCUT2D eigenvalue weighted by Gasteiger charge is -2.45. The first kappa shape index (κ1) is 18.8. The van der Waals surface area contributed by atoms with Crippen LogP contribution in [0.4, 0.5) is 5.69 Å². The highest BCUT2D eigenvalue weighted by atomic mass is 16.5. The van der Waals surface area contributed by atoms with E-state index in [0.717, 1.165) is 16.0 Å². The van der Waals surface area contributed by atoms with Crippen LogP contribution in [0.1, 0.15) is 30.9 Å². The lowest BCUT2D eigenvalue weighted by Crippen LogP contribution is -2.59. The van der Waals surface area contributed by atoms with Crippen molar-refractivity contribution in [2.24, 2.45) is 11.3 Å². The second-order valence-electron chi connectivity index (χ2n) is 7.43. The van der Waals surface area contributed by atoms with E-state index in [9.17, 15) is 14.4 Å². The molecule has 1 aliphatic heterocycles. The Bertz CT molecular complexity index is 871. The summed E-state index contributed by atoms with van der Waals surface area (Å²) in [7, 11) is 1.26.